The summed E-state index contributed by atoms with van der Waals surface area (Å²) in [6.07, 6.45) is -9.36. The van der Waals surface area contributed by atoms with Crippen LogP contribution in [0.2, 0.25) is 0 Å². The topological polar surface area (TPSA) is 265 Å². The van der Waals surface area contributed by atoms with Gasteiger partial charge in [-0.05, 0) is 109 Å². The first-order valence-electron chi connectivity index (χ1n) is 30.1. The first-order valence-corrected chi connectivity index (χ1v) is 30.1. The minimum absolute atomic E-state index is 0.0361. The standard InChI is InChI=1S/C63H90O21/c1-33-50(64)55(74-11)51(65)58(78-33)84-54-36(4)77-49(31-44(54)73-10)83-53-35(3)76-48(30-43(53)72-9)82-52-34(2)75-47(29-42(52)71-8)80-41-23-24-59(6)40(28-41)22-25-62(69)45(59)32-46(81-57(67)39-20-16-13-17-21-39)60(7)61(68,26-27-63(60,62)70)37(5)79-56(66)38-18-14-12-15-19-38/h12-22,33-37,41-55,58,64-65,68-70H,23-32H2,1-11H3/t33-,34-,35-,36-,37+,41+,42-,43+,44+,45-,46-,47+,48+,49+,50+,51-,52-,53-,54-,55+,58+,59+,60-,61-,62+,63-/m1/s1. The van der Waals surface area contributed by atoms with Gasteiger partial charge in [0.1, 0.15) is 65.6 Å². The van der Waals surface area contributed by atoms with E-state index in [1.54, 1.807) is 103 Å². The molecule has 4 saturated heterocycles. The Balaban J connectivity index is 0.773. The summed E-state index contributed by atoms with van der Waals surface area (Å²) in [5.41, 5.74) is -6.42. The Morgan fingerprint density at radius 2 is 1.11 bits per heavy atom. The minimum Gasteiger partial charge on any atom is -0.458 e. The van der Waals surface area contributed by atoms with Crippen LogP contribution in [0.15, 0.2) is 72.3 Å². The molecule has 0 radical (unpaired) electrons. The van der Waals surface area contributed by atoms with Crippen molar-refractivity contribution in [1.82, 2.24) is 0 Å². The van der Waals surface area contributed by atoms with Gasteiger partial charge in [0.2, 0.25) is 0 Å². The number of carbonyl (C=O) groups excluding carboxylic acids is 2. The molecule has 0 bridgehead atoms. The summed E-state index contributed by atoms with van der Waals surface area (Å²) >= 11 is 0. The highest BCUT2D eigenvalue weighted by molar-refractivity contribution is 5.90. The summed E-state index contributed by atoms with van der Waals surface area (Å²) in [5, 5.41) is 61.2. The molecule has 4 heterocycles. The maximum atomic E-state index is 14.1. The van der Waals surface area contributed by atoms with Gasteiger partial charge in [0.25, 0.3) is 0 Å². The molecule has 0 spiro atoms. The number of esters is 2. The van der Waals surface area contributed by atoms with Crippen LogP contribution in [0.4, 0.5) is 0 Å². The van der Waals surface area contributed by atoms with E-state index in [0.717, 1.165) is 5.57 Å². The first-order chi connectivity index (χ1) is 40.0. The normalized spacial score (nSPS) is 46.2. The summed E-state index contributed by atoms with van der Waals surface area (Å²) < 4.78 is 87.5. The van der Waals surface area contributed by atoms with E-state index >= 15 is 0 Å². The van der Waals surface area contributed by atoms with E-state index in [1.165, 1.54) is 7.11 Å². The molecular weight excluding hydrogens is 1090 g/mol. The largest absolute Gasteiger partial charge is 0.458 e. The molecule has 4 aliphatic heterocycles. The quantitative estimate of drug-likeness (QED) is 0.0972. The lowest BCUT2D eigenvalue weighted by atomic mass is 9.42. The molecule has 2 aromatic rings. The maximum absolute atomic E-state index is 14.1. The Labute approximate surface area is 492 Å². The number of aliphatic hydroxyl groups excluding tert-OH is 2. The Kier molecular flexibility index (Phi) is 19.0. The predicted molar refractivity (Wildman–Crippen MR) is 298 cm³/mol. The number of fused-ring (bicyclic) bond motifs is 5. The molecule has 84 heavy (non-hydrogen) atoms. The van der Waals surface area contributed by atoms with Crippen LogP contribution in [0.3, 0.4) is 0 Å². The fourth-order valence-electron chi connectivity index (χ4n) is 15.9. The third-order valence-electron chi connectivity index (χ3n) is 20.9. The van der Waals surface area contributed by atoms with Crippen molar-refractivity contribution >= 4 is 11.9 Å². The van der Waals surface area contributed by atoms with Crippen LogP contribution in [0.5, 0.6) is 0 Å². The fraction of sp³-hybridized carbons (Fsp3) is 0.746. The molecule has 8 aliphatic rings. The van der Waals surface area contributed by atoms with Crippen LogP contribution in [0.25, 0.3) is 0 Å². The Hall–Kier alpha value is -3.56. The molecule has 7 fully saturated rings. The van der Waals surface area contributed by atoms with E-state index in [9.17, 15) is 35.1 Å². The van der Waals surface area contributed by atoms with E-state index in [1.807, 2.05) is 26.8 Å². The van der Waals surface area contributed by atoms with Gasteiger partial charge in [-0.3, -0.25) is 0 Å². The van der Waals surface area contributed by atoms with Crippen LogP contribution in [-0.2, 0) is 66.3 Å². The summed E-state index contributed by atoms with van der Waals surface area (Å²) in [4.78, 5) is 27.6. The van der Waals surface area contributed by atoms with Crippen molar-refractivity contribution in [3.63, 3.8) is 0 Å². The van der Waals surface area contributed by atoms with E-state index in [4.69, 9.17) is 66.3 Å². The fourth-order valence-corrected chi connectivity index (χ4v) is 15.9. The van der Waals surface area contributed by atoms with Crippen molar-refractivity contribution < 1.29 is 101 Å². The van der Waals surface area contributed by atoms with Crippen LogP contribution >= 0.6 is 0 Å². The van der Waals surface area contributed by atoms with Gasteiger partial charge >= 0.3 is 11.9 Å². The van der Waals surface area contributed by atoms with E-state index in [-0.39, 0.29) is 31.8 Å². The second-order valence-electron chi connectivity index (χ2n) is 25.3. The molecule has 4 aliphatic carbocycles. The molecule has 468 valence electrons. The zero-order chi connectivity index (χ0) is 60.3. The van der Waals surface area contributed by atoms with Crippen molar-refractivity contribution in [2.24, 2.45) is 16.7 Å². The van der Waals surface area contributed by atoms with Crippen molar-refractivity contribution in [3.05, 3.63) is 83.4 Å². The lowest BCUT2D eigenvalue weighted by molar-refractivity contribution is -0.356. The van der Waals surface area contributed by atoms with Gasteiger partial charge in [0.05, 0.1) is 65.4 Å². The Morgan fingerprint density at radius 1 is 0.595 bits per heavy atom. The predicted octanol–water partition coefficient (Wildman–Crippen LogP) is 5.46. The average molecular weight is 1180 g/mol. The smallest absolute Gasteiger partial charge is 0.338 e. The van der Waals surface area contributed by atoms with Gasteiger partial charge in [-0.15, -0.1) is 0 Å². The molecule has 0 amide bonds. The van der Waals surface area contributed by atoms with Crippen molar-refractivity contribution in [1.29, 1.82) is 0 Å². The molecule has 0 aromatic heterocycles. The molecule has 21 nitrogen and oxygen atoms in total. The lowest BCUT2D eigenvalue weighted by Crippen LogP contribution is -2.78. The number of ether oxygens (including phenoxy) is 14. The number of rotatable bonds is 17. The third-order valence-corrected chi connectivity index (χ3v) is 20.9. The lowest BCUT2D eigenvalue weighted by Gasteiger charge is -2.67. The molecule has 3 saturated carbocycles. The van der Waals surface area contributed by atoms with Crippen molar-refractivity contribution in [2.45, 2.75) is 252 Å². The Morgan fingerprint density at radius 3 is 1.63 bits per heavy atom. The molecule has 2 aromatic carbocycles. The number of methoxy groups -OCH3 is 4. The van der Waals surface area contributed by atoms with E-state index in [0.29, 0.717) is 49.7 Å². The average Bonchev–Trinajstić information content (AvgIpc) is 1.34. The van der Waals surface area contributed by atoms with E-state index in [2.05, 4.69) is 6.92 Å². The highest BCUT2D eigenvalue weighted by atomic mass is 16.8. The highest BCUT2D eigenvalue weighted by Crippen LogP contribution is 2.71. The number of benzene rings is 2. The number of carbonyl (C=O) groups is 2. The number of aliphatic hydroxyl groups is 5. The highest BCUT2D eigenvalue weighted by Gasteiger charge is 2.81. The molecule has 0 unspecified atom stereocenters. The zero-order valence-corrected chi connectivity index (χ0v) is 50.3. The molecule has 10 rings (SSSR count). The van der Waals surface area contributed by atoms with E-state index < -0.39 is 162 Å². The van der Waals surface area contributed by atoms with Gasteiger partial charge in [-0.1, -0.05) is 61.9 Å². The second-order valence-corrected chi connectivity index (χ2v) is 25.3. The van der Waals surface area contributed by atoms with Crippen LogP contribution < -0.4 is 0 Å². The van der Waals surface area contributed by atoms with Crippen molar-refractivity contribution in [3.8, 4) is 0 Å². The number of hydrogen-bond donors (Lipinski definition) is 5. The summed E-state index contributed by atoms with van der Waals surface area (Å²) in [7, 11) is 6.24. The summed E-state index contributed by atoms with van der Waals surface area (Å²) in [5.74, 6) is -1.89. The van der Waals surface area contributed by atoms with Crippen LogP contribution in [0, 0.1) is 16.7 Å². The molecular formula is C63H90O21. The monoisotopic (exact) mass is 1180 g/mol. The summed E-state index contributed by atoms with van der Waals surface area (Å²) in [6, 6.07) is 17.0. The zero-order valence-electron chi connectivity index (χ0n) is 50.3. The summed E-state index contributed by atoms with van der Waals surface area (Å²) in [6.45, 7) is 12.7. The van der Waals surface area contributed by atoms with Crippen LogP contribution in [0.1, 0.15) is 133 Å². The van der Waals surface area contributed by atoms with Gasteiger partial charge in [-0.25, -0.2) is 9.59 Å². The van der Waals surface area contributed by atoms with Crippen LogP contribution in [-0.4, -0.2) is 206 Å². The minimum atomic E-state index is -2.00. The van der Waals surface area contributed by atoms with Gasteiger partial charge in [0, 0.05) is 53.6 Å². The van der Waals surface area contributed by atoms with Crippen molar-refractivity contribution in [2.75, 3.05) is 28.4 Å². The second kappa shape index (κ2) is 25.1. The molecule has 26 atom stereocenters. The van der Waals surface area contributed by atoms with Gasteiger partial charge in [0.15, 0.2) is 25.2 Å². The van der Waals surface area contributed by atoms with Gasteiger partial charge in [-0.2, -0.15) is 0 Å². The SMILES string of the molecule is CO[C@H]1[C@@H](O)[C@@H](C)O[C@@H](O[C@H]2[C@@H](OC)C[C@H](O[C@H]3[C@@H](OC)C[C@H](O[C@@H]4[C@@H](C)O[C@@H](O[C@H]5CC[C@@]6(C)C(=CC[C@]7(O)[C@@H]6C[C@@H](OC(=O)c6ccccc6)[C@@]6(C)[C@]7(O)CC[C@@]6(O)[C@H](C)OC(=O)c6ccccc6)C5)C[C@H]4OC)O[C@@H]3C)O[C@@H]2C)[C@@H]1O. The molecule has 5 N–H and O–H groups in total. The first kappa shape index (κ1) is 63.5. The Bertz CT molecular complexity index is 2600. The molecule has 21 heteroatoms. The number of hydrogen-bond acceptors (Lipinski definition) is 21. The third kappa shape index (κ3) is 11.3. The van der Waals surface area contributed by atoms with Gasteiger partial charge < -0.3 is 91.8 Å². The maximum Gasteiger partial charge on any atom is 0.338 e.